The summed E-state index contributed by atoms with van der Waals surface area (Å²) < 4.78 is 0. The molecular formula is C16H21NO3. The maximum atomic E-state index is 12.0. The molecule has 108 valence electrons. The van der Waals surface area contributed by atoms with Crippen LogP contribution < -0.4 is 5.32 Å². The average Bonchev–Trinajstić information content (AvgIpc) is 3.21. The molecule has 0 saturated heterocycles. The maximum absolute atomic E-state index is 12.0. The molecule has 0 heterocycles. The first-order valence-electron chi connectivity index (χ1n) is 7.13. The fourth-order valence-corrected chi connectivity index (χ4v) is 2.26. The topological polar surface area (TPSA) is 66.4 Å². The van der Waals surface area contributed by atoms with Crippen molar-refractivity contribution in [2.24, 2.45) is 5.92 Å². The molecule has 2 N–H and O–H groups in total. The lowest BCUT2D eigenvalue weighted by molar-refractivity contribution is -0.143. The molecule has 1 atom stereocenters. The molecule has 0 aliphatic heterocycles. The Bertz CT molecular complexity index is 480. The Morgan fingerprint density at radius 3 is 2.50 bits per heavy atom. The zero-order valence-corrected chi connectivity index (χ0v) is 11.8. The predicted octanol–water partition coefficient (Wildman–Crippen LogP) is 2.38. The van der Waals surface area contributed by atoms with Crippen LogP contribution in [-0.4, -0.2) is 22.5 Å². The van der Waals surface area contributed by atoms with Crippen LogP contribution >= 0.6 is 0 Å². The second-order valence-corrected chi connectivity index (χ2v) is 5.66. The number of aryl methyl sites for hydroxylation is 1. The van der Waals surface area contributed by atoms with Crippen molar-refractivity contribution in [1.29, 1.82) is 0 Å². The Kier molecular flexibility index (Phi) is 4.42. The molecule has 1 aromatic carbocycles. The molecule has 0 aromatic heterocycles. The van der Waals surface area contributed by atoms with Gasteiger partial charge in [0.05, 0.1) is 0 Å². The summed E-state index contributed by atoms with van der Waals surface area (Å²) in [6, 6.07) is 10.2. The van der Waals surface area contributed by atoms with Gasteiger partial charge in [-0.25, -0.2) is 4.79 Å². The molecule has 1 saturated carbocycles. The summed E-state index contributed by atoms with van der Waals surface area (Å²) in [5, 5.41) is 11.7. The van der Waals surface area contributed by atoms with Gasteiger partial charge in [-0.3, -0.25) is 4.79 Å². The fourth-order valence-electron chi connectivity index (χ4n) is 2.26. The first kappa shape index (κ1) is 14.6. The van der Waals surface area contributed by atoms with E-state index in [4.69, 9.17) is 5.11 Å². The van der Waals surface area contributed by atoms with E-state index in [1.807, 2.05) is 25.1 Å². The lowest BCUT2D eigenvalue weighted by Crippen LogP contribution is -2.45. The molecule has 1 amide bonds. The molecule has 20 heavy (non-hydrogen) atoms. The molecule has 0 spiro atoms. The smallest absolute Gasteiger partial charge is 0.329 e. The summed E-state index contributed by atoms with van der Waals surface area (Å²) in [6.07, 6.45) is 3.74. The number of carboxylic acids is 1. The first-order valence-corrected chi connectivity index (χ1v) is 7.13. The Morgan fingerprint density at radius 1 is 1.30 bits per heavy atom. The van der Waals surface area contributed by atoms with Crippen LogP contribution in [0.15, 0.2) is 30.3 Å². The predicted molar refractivity (Wildman–Crippen MR) is 76.3 cm³/mol. The van der Waals surface area contributed by atoms with E-state index in [1.54, 1.807) is 0 Å². The largest absolute Gasteiger partial charge is 0.480 e. The van der Waals surface area contributed by atoms with E-state index in [2.05, 4.69) is 17.4 Å². The molecule has 1 aliphatic rings. The van der Waals surface area contributed by atoms with Crippen molar-refractivity contribution in [1.82, 2.24) is 5.32 Å². The molecule has 1 aromatic rings. The van der Waals surface area contributed by atoms with E-state index >= 15 is 0 Å². The molecule has 1 unspecified atom stereocenters. The maximum Gasteiger partial charge on any atom is 0.329 e. The van der Waals surface area contributed by atoms with E-state index in [1.165, 1.54) is 5.56 Å². The number of benzene rings is 1. The van der Waals surface area contributed by atoms with Gasteiger partial charge in [0.2, 0.25) is 5.91 Å². The van der Waals surface area contributed by atoms with Gasteiger partial charge in [-0.1, -0.05) is 37.3 Å². The average molecular weight is 275 g/mol. The SMILES string of the molecule is CC(CCCc1ccccc1)C(=O)NC1(C(=O)O)CC1. The quantitative estimate of drug-likeness (QED) is 0.803. The highest BCUT2D eigenvalue weighted by molar-refractivity contribution is 5.90. The number of amides is 1. The summed E-state index contributed by atoms with van der Waals surface area (Å²) in [5.74, 6) is -1.20. The van der Waals surface area contributed by atoms with Gasteiger partial charge in [0.1, 0.15) is 5.54 Å². The Balaban J connectivity index is 1.73. The number of carbonyl (C=O) groups excluding carboxylic acids is 1. The molecule has 1 aliphatic carbocycles. The van der Waals surface area contributed by atoms with Crippen molar-refractivity contribution in [2.75, 3.05) is 0 Å². The Morgan fingerprint density at radius 2 is 1.95 bits per heavy atom. The van der Waals surface area contributed by atoms with Crippen LogP contribution in [0.5, 0.6) is 0 Å². The standard InChI is InChI=1S/C16H21NO3/c1-12(6-5-9-13-7-3-2-4-8-13)14(18)17-16(10-11-16)15(19)20/h2-4,7-8,12H,5-6,9-11H2,1H3,(H,17,18)(H,19,20). The van der Waals surface area contributed by atoms with Gasteiger partial charge >= 0.3 is 5.97 Å². The second-order valence-electron chi connectivity index (χ2n) is 5.66. The highest BCUT2D eigenvalue weighted by atomic mass is 16.4. The minimum Gasteiger partial charge on any atom is -0.480 e. The number of rotatable bonds is 7. The number of hydrogen-bond donors (Lipinski definition) is 2. The van der Waals surface area contributed by atoms with E-state index in [-0.39, 0.29) is 11.8 Å². The van der Waals surface area contributed by atoms with Crippen LogP contribution in [0.1, 0.15) is 38.2 Å². The third-order valence-corrected chi connectivity index (χ3v) is 3.91. The lowest BCUT2D eigenvalue weighted by atomic mass is 10.00. The minimum atomic E-state index is -0.967. The third kappa shape index (κ3) is 3.59. The van der Waals surface area contributed by atoms with Crippen LogP contribution in [0.2, 0.25) is 0 Å². The summed E-state index contributed by atoms with van der Waals surface area (Å²) in [6.45, 7) is 1.86. The minimum absolute atomic E-state index is 0.141. The summed E-state index contributed by atoms with van der Waals surface area (Å²) in [4.78, 5) is 23.0. The van der Waals surface area contributed by atoms with Gasteiger partial charge in [-0.2, -0.15) is 0 Å². The second kappa shape index (κ2) is 6.07. The summed E-state index contributed by atoms with van der Waals surface area (Å²) in [5.41, 5.74) is 0.300. The monoisotopic (exact) mass is 275 g/mol. The van der Waals surface area contributed by atoms with Gasteiger partial charge in [-0.05, 0) is 37.7 Å². The fraction of sp³-hybridized carbons (Fsp3) is 0.500. The van der Waals surface area contributed by atoms with E-state index in [0.717, 1.165) is 19.3 Å². The number of carboxylic acid groups (broad SMARTS) is 1. The van der Waals surface area contributed by atoms with Crippen molar-refractivity contribution in [3.63, 3.8) is 0 Å². The van der Waals surface area contributed by atoms with Crippen molar-refractivity contribution in [2.45, 2.75) is 44.6 Å². The van der Waals surface area contributed by atoms with Crippen LogP contribution in [0, 0.1) is 5.92 Å². The number of nitrogens with one attached hydrogen (secondary N) is 1. The molecule has 0 bridgehead atoms. The van der Waals surface area contributed by atoms with Gasteiger partial charge in [0.15, 0.2) is 0 Å². The first-order chi connectivity index (χ1) is 9.53. The van der Waals surface area contributed by atoms with Gasteiger partial charge in [0.25, 0.3) is 0 Å². The number of hydrogen-bond acceptors (Lipinski definition) is 2. The van der Waals surface area contributed by atoms with E-state index < -0.39 is 11.5 Å². The van der Waals surface area contributed by atoms with E-state index in [9.17, 15) is 9.59 Å². The van der Waals surface area contributed by atoms with Crippen LogP contribution in [0.25, 0.3) is 0 Å². The summed E-state index contributed by atoms with van der Waals surface area (Å²) >= 11 is 0. The zero-order valence-electron chi connectivity index (χ0n) is 11.8. The van der Waals surface area contributed by atoms with Crippen molar-refractivity contribution in [3.8, 4) is 0 Å². The highest BCUT2D eigenvalue weighted by Gasteiger charge is 2.51. The van der Waals surface area contributed by atoms with Crippen molar-refractivity contribution < 1.29 is 14.7 Å². The summed E-state index contributed by atoms with van der Waals surface area (Å²) in [7, 11) is 0. The third-order valence-electron chi connectivity index (χ3n) is 3.91. The van der Waals surface area contributed by atoms with Crippen molar-refractivity contribution in [3.05, 3.63) is 35.9 Å². The molecular weight excluding hydrogens is 254 g/mol. The molecule has 0 radical (unpaired) electrons. The molecule has 1 fully saturated rings. The molecule has 2 rings (SSSR count). The van der Waals surface area contributed by atoms with Gasteiger partial charge in [-0.15, -0.1) is 0 Å². The number of carbonyl (C=O) groups is 2. The van der Waals surface area contributed by atoms with Gasteiger partial charge in [0, 0.05) is 5.92 Å². The normalized spacial score (nSPS) is 17.2. The van der Waals surface area contributed by atoms with Gasteiger partial charge < -0.3 is 10.4 Å². The molecule has 4 heteroatoms. The Hall–Kier alpha value is -1.84. The lowest BCUT2D eigenvalue weighted by Gasteiger charge is -2.16. The van der Waals surface area contributed by atoms with Crippen molar-refractivity contribution >= 4 is 11.9 Å². The van der Waals surface area contributed by atoms with Crippen LogP contribution in [-0.2, 0) is 16.0 Å². The highest BCUT2D eigenvalue weighted by Crippen LogP contribution is 2.35. The number of aliphatic carboxylic acids is 1. The zero-order chi connectivity index (χ0) is 14.6. The Labute approximate surface area is 119 Å². The van der Waals surface area contributed by atoms with E-state index in [0.29, 0.717) is 12.8 Å². The molecule has 4 nitrogen and oxygen atoms in total. The van der Waals surface area contributed by atoms with Crippen LogP contribution in [0.4, 0.5) is 0 Å². The van der Waals surface area contributed by atoms with Crippen LogP contribution in [0.3, 0.4) is 0 Å².